The largest absolute Gasteiger partial charge is 0.385 e. The first-order chi connectivity index (χ1) is 9.76. The Labute approximate surface area is 131 Å². The van der Waals surface area contributed by atoms with Crippen molar-refractivity contribution in [3.63, 3.8) is 0 Å². The Balaban J connectivity index is 2.42. The number of aromatic nitrogens is 2. The zero-order valence-corrected chi connectivity index (χ0v) is 14.1. The molecule has 0 aliphatic carbocycles. The highest BCUT2D eigenvalue weighted by Crippen LogP contribution is 2.32. The van der Waals surface area contributed by atoms with Gasteiger partial charge in [-0.25, -0.2) is 0 Å². The van der Waals surface area contributed by atoms with E-state index in [4.69, 9.17) is 11.6 Å². The van der Waals surface area contributed by atoms with Gasteiger partial charge in [0.05, 0.1) is 22.0 Å². The highest BCUT2D eigenvalue weighted by molar-refractivity contribution is 6.31. The van der Waals surface area contributed by atoms with Crippen LogP contribution in [0.3, 0.4) is 0 Å². The third kappa shape index (κ3) is 3.14. The number of nitrogens with zero attached hydrogens (tertiary/aromatic N) is 2. The molecule has 114 valence electrons. The summed E-state index contributed by atoms with van der Waals surface area (Å²) in [4.78, 5) is 0. The topological polar surface area (TPSA) is 38.0 Å². The molecule has 0 aliphatic heterocycles. The van der Waals surface area contributed by atoms with Gasteiger partial charge >= 0.3 is 0 Å². The molecular weight excluding hydrogens is 284 g/mol. The predicted octanol–water partition coefficient (Wildman–Crippen LogP) is 3.70. The Morgan fingerprint density at radius 3 is 2.57 bits per heavy atom. The first-order valence-corrected chi connectivity index (χ1v) is 7.64. The molecule has 21 heavy (non-hydrogen) atoms. The number of hydrogen-bond acceptors (Lipinski definition) is 2. The Kier molecular flexibility index (Phi) is 4.45. The van der Waals surface area contributed by atoms with Gasteiger partial charge in [0.15, 0.2) is 0 Å². The van der Waals surface area contributed by atoms with Gasteiger partial charge in [-0.3, -0.25) is 4.68 Å². The molecule has 1 aromatic heterocycles. The Bertz CT molecular complexity index is 659. The summed E-state index contributed by atoms with van der Waals surface area (Å²) >= 11 is 6.40. The quantitative estimate of drug-likeness (QED) is 0.935. The Hall–Kier alpha value is -1.32. The van der Waals surface area contributed by atoms with Crippen LogP contribution >= 0.6 is 11.6 Å². The third-order valence-corrected chi connectivity index (χ3v) is 4.42. The van der Waals surface area contributed by atoms with Gasteiger partial charge in [0, 0.05) is 13.5 Å². The summed E-state index contributed by atoms with van der Waals surface area (Å²) in [6.45, 7) is 7.92. The molecule has 0 spiro atoms. The Morgan fingerprint density at radius 1 is 1.33 bits per heavy atom. The number of rotatable bonds is 4. The standard InChI is InChI=1S/C17H23ClN2O/c1-6-14-16(18)15(20(5)19-14)10-17(4,21)13-9-11(2)7-8-12(13)3/h7-9,21H,6,10H2,1-5H3. The van der Waals surface area contributed by atoms with Crippen molar-refractivity contribution in [3.8, 4) is 0 Å². The fraction of sp³-hybridized carbons (Fsp3) is 0.471. The van der Waals surface area contributed by atoms with E-state index in [0.717, 1.165) is 34.5 Å². The molecule has 0 bridgehead atoms. The molecule has 1 atom stereocenters. The highest BCUT2D eigenvalue weighted by atomic mass is 35.5. The van der Waals surface area contributed by atoms with E-state index >= 15 is 0 Å². The minimum Gasteiger partial charge on any atom is -0.385 e. The van der Waals surface area contributed by atoms with E-state index in [0.29, 0.717) is 11.4 Å². The van der Waals surface area contributed by atoms with Crippen LogP contribution in [0.4, 0.5) is 0 Å². The van der Waals surface area contributed by atoms with Crippen LogP contribution in [0.15, 0.2) is 18.2 Å². The number of aryl methyl sites for hydroxylation is 4. The molecule has 0 radical (unpaired) electrons. The molecule has 0 aliphatic rings. The van der Waals surface area contributed by atoms with Gasteiger partial charge in [-0.1, -0.05) is 42.3 Å². The van der Waals surface area contributed by atoms with Crippen LogP contribution in [0.2, 0.25) is 5.02 Å². The maximum atomic E-state index is 11.0. The van der Waals surface area contributed by atoms with Crippen LogP contribution < -0.4 is 0 Å². The van der Waals surface area contributed by atoms with Gasteiger partial charge in [-0.15, -0.1) is 0 Å². The summed E-state index contributed by atoms with van der Waals surface area (Å²) in [5, 5.41) is 16.1. The summed E-state index contributed by atoms with van der Waals surface area (Å²) in [6, 6.07) is 6.14. The lowest BCUT2D eigenvalue weighted by molar-refractivity contribution is 0.0549. The van der Waals surface area contributed by atoms with Crippen LogP contribution in [-0.2, 0) is 25.5 Å². The molecule has 4 heteroatoms. The number of hydrogen-bond donors (Lipinski definition) is 1. The van der Waals surface area contributed by atoms with Crippen molar-refractivity contribution in [2.45, 2.75) is 46.1 Å². The minimum absolute atomic E-state index is 0.444. The highest BCUT2D eigenvalue weighted by Gasteiger charge is 2.29. The number of aliphatic hydroxyl groups is 1. The molecule has 1 aromatic carbocycles. The first kappa shape index (κ1) is 16.1. The van der Waals surface area contributed by atoms with E-state index in [1.54, 1.807) is 4.68 Å². The van der Waals surface area contributed by atoms with E-state index in [1.165, 1.54) is 0 Å². The average Bonchev–Trinajstić information content (AvgIpc) is 2.68. The first-order valence-electron chi connectivity index (χ1n) is 7.26. The predicted molar refractivity (Wildman–Crippen MR) is 86.8 cm³/mol. The summed E-state index contributed by atoms with van der Waals surface area (Å²) in [7, 11) is 1.87. The Morgan fingerprint density at radius 2 is 2.00 bits per heavy atom. The summed E-state index contributed by atoms with van der Waals surface area (Å²) in [5.41, 5.74) is 3.95. The molecule has 2 rings (SSSR count). The van der Waals surface area contributed by atoms with Crippen molar-refractivity contribution in [2.75, 3.05) is 0 Å². The molecular formula is C17H23ClN2O. The van der Waals surface area contributed by atoms with E-state index in [9.17, 15) is 5.11 Å². The van der Waals surface area contributed by atoms with E-state index < -0.39 is 5.60 Å². The molecule has 1 heterocycles. The molecule has 2 aromatic rings. The van der Waals surface area contributed by atoms with Crippen molar-refractivity contribution in [3.05, 3.63) is 51.3 Å². The SMILES string of the molecule is CCc1nn(C)c(CC(C)(O)c2cc(C)ccc2C)c1Cl. The minimum atomic E-state index is -0.974. The summed E-state index contributed by atoms with van der Waals surface area (Å²) in [5.74, 6) is 0. The summed E-state index contributed by atoms with van der Waals surface area (Å²) in [6.07, 6.45) is 1.23. The third-order valence-electron chi connectivity index (χ3n) is 3.99. The second kappa shape index (κ2) is 5.82. The molecule has 3 nitrogen and oxygen atoms in total. The van der Waals surface area contributed by atoms with Gasteiger partial charge in [-0.05, 0) is 38.3 Å². The molecule has 1 unspecified atom stereocenters. The molecule has 0 saturated heterocycles. The van der Waals surface area contributed by atoms with Gasteiger partial charge in [-0.2, -0.15) is 5.10 Å². The number of halogens is 1. The van der Waals surface area contributed by atoms with E-state index in [2.05, 4.69) is 11.2 Å². The lowest BCUT2D eigenvalue weighted by Gasteiger charge is -2.26. The summed E-state index contributed by atoms with van der Waals surface area (Å²) < 4.78 is 1.78. The zero-order valence-electron chi connectivity index (χ0n) is 13.4. The zero-order chi connectivity index (χ0) is 15.8. The van der Waals surface area contributed by atoms with Gasteiger partial charge < -0.3 is 5.11 Å². The van der Waals surface area contributed by atoms with Crippen LogP contribution in [0.25, 0.3) is 0 Å². The van der Waals surface area contributed by atoms with Crippen molar-refractivity contribution in [1.29, 1.82) is 0 Å². The molecule has 0 fully saturated rings. The second-order valence-corrected chi connectivity index (χ2v) is 6.33. The molecule has 0 amide bonds. The van der Waals surface area contributed by atoms with E-state index in [1.807, 2.05) is 46.9 Å². The average molecular weight is 307 g/mol. The van der Waals surface area contributed by atoms with Crippen molar-refractivity contribution >= 4 is 11.6 Å². The van der Waals surface area contributed by atoms with Crippen molar-refractivity contribution in [2.24, 2.45) is 7.05 Å². The maximum absolute atomic E-state index is 11.0. The lowest BCUT2D eigenvalue weighted by Crippen LogP contribution is -2.27. The van der Waals surface area contributed by atoms with Gasteiger partial charge in [0.25, 0.3) is 0 Å². The number of benzene rings is 1. The normalized spacial score (nSPS) is 14.2. The fourth-order valence-electron chi connectivity index (χ4n) is 2.75. The van der Waals surface area contributed by atoms with Crippen LogP contribution in [0, 0.1) is 13.8 Å². The smallest absolute Gasteiger partial charge is 0.0926 e. The van der Waals surface area contributed by atoms with Crippen molar-refractivity contribution in [1.82, 2.24) is 9.78 Å². The molecule has 1 N–H and O–H groups in total. The van der Waals surface area contributed by atoms with Crippen molar-refractivity contribution < 1.29 is 5.11 Å². The maximum Gasteiger partial charge on any atom is 0.0926 e. The van der Waals surface area contributed by atoms with Gasteiger partial charge in [0.1, 0.15) is 0 Å². The lowest BCUT2D eigenvalue weighted by atomic mass is 9.87. The van der Waals surface area contributed by atoms with Crippen LogP contribution in [0.5, 0.6) is 0 Å². The van der Waals surface area contributed by atoms with Gasteiger partial charge in [0.2, 0.25) is 0 Å². The fourth-order valence-corrected chi connectivity index (χ4v) is 3.11. The van der Waals surface area contributed by atoms with Crippen LogP contribution in [0.1, 0.15) is 41.9 Å². The monoisotopic (exact) mass is 306 g/mol. The molecule has 0 saturated carbocycles. The second-order valence-electron chi connectivity index (χ2n) is 5.95. The van der Waals surface area contributed by atoms with Crippen LogP contribution in [-0.4, -0.2) is 14.9 Å². The van der Waals surface area contributed by atoms with E-state index in [-0.39, 0.29) is 0 Å².